The number of anilines is 1. The molecule has 2 atom stereocenters. The van der Waals surface area contributed by atoms with Crippen molar-refractivity contribution in [2.45, 2.75) is 24.4 Å². The van der Waals surface area contributed by atoms with E-state index in [1.807, 2.05) is 0 Å². The SMILES string of the molecule is C[C@H]1C[C@@H](F)CN(S(=O)(=O)c2csc(C(=O)Nc3nnc(-c4cc(Cl)cc(Cl)c4)o3)c2)C1. The number of rotatable bonds is 5. The van der Waals surface area contributed by atoms with Crippen LogP contribution in [-0.2, 0) is 10.0 Å². The summed E-state index contributed by atoms with van der Waals surface area (Å²) in [5.74, 6) is -0.610. The van der Waals surface area contributed by atoms with Gasteiger partial charge in [0.05, 0.1) is 9.77 Å². The summed E-state index contributed by atoms with van der Waals surface area (Å²) in [4.78, 5) is 12.6. The first-order chi connectivity index (χ1) is 15.1. The number of nitrogens with zero attached hydrogens (tertiary/aromatic N) is 3. The third kappa shape index (κ3) is 4.96. The Balaban J connectivity index is 1.48. The maximum absolute atomic E-state index is 13.9. The zero-order chi connectivity index (χ0) is 23.0. The van der Waals surface area contributed by atoms with Crippen molar-refractivity contribution in [1.29, 1.82) is 0 Å². The first-order valence-corrected chi connectivity index (χ1v) is 12.5. The van der Waals surface area contributed by atoms with Crippen molar-refractivity contribution in [3.8, 4) is 11.5 Å². The van der Waals surface area contributed by atoms with E-state index >= 15 is 0 Å². The average Bonchev–Trinajstić information content (AvgIpc) is 3.36. The molecule has 4 rings (SSSR count). The summed E-state index contributed by atoms with van der Waals surface area (Å²) < 4.78 is 46.1. The van der Waals surface area contributed by atoms with Crippen molar-refractivity contribution in [1.82, 2.24) is 14.5 Å². The molecule has 1 saturated heterocycles. The van der Waals surface area contributed by atoms with Gasteiger partial charge in [-0.15, -0.1) is 16.4 Å². The zero-order valence-corrected chi connectivity index (χ0v) is 19.7. The van der Waals surface area contributed by atoms with Crippen LogP contribution in [0.25, 0.3) is 11.5 Å². The highest BCUT2D eigenvalue weighted by atomic mass is 35.5. The van der Waals surface area contributed by atoms with Gasteiger partial charge in [0, 0.05) is 34.1 Å². The number of hydrogen-bond acceptors (Lipinski definition) is 7. The fraction of sp³-hybridized carbons (Fsp3) is 0.316. The number of halogens is 3. The van der Waals surface area contributed by atoms with E-state index in [4.69, 9.17) is 27.6 Å². The quantitative estimate of drug-likeness (QED) is 0.523. The lowest BCUT2D eigenvalue weighted by molar-refractivity contribution is 0.102. The molecule has 0 saturated carbocycles. The summed E-state index contributed by atoms with van der Waals surface area (Å²) in [5.41, 5.74) is 0.474. The molecule has 3 heterocycles. The van der Waals surface area contributed by atoms with Crippen LogP contribution in [0.15, 0.2) is 39.0 Å². The molecule has 8 nitrogen and oxygen atoms in total. The van der Waals surface area contributed by atoms with Gasteiger partial charge in [0.25, 0.3) is 5.91 Å². The first-order valence-electron chi connectivity index (χ1n) is 9.46. The molecule has 1 aromatic carbocycles. The summed E-state index contributed by atoms with van der Waals surface area (Å²) in [6.45, 7) is 1.84. The van der Waals surface area contributed by atoms with Gasteiger partial charge in [-0.3, -0.25) is 10.1 Å². The molecular weight excluding hydrogens is 502 g/mol. The van der Waals surface area contributed by atoms with Crippen LogP contribution in [-0.4, -0.2) is 48.1 Å². The lowest BCUT2D eigenvalue weighted by Crippen LogP contribution is -2.44. The molecule has 2 aromatic heterocycles. The van der Waals surface area contributed by atoms with Crippen molar-refractivity contribution in [2.75, 3.05) is 18.4 Å². The van der Waals surface area contributed by atoms with Crippen LogP contribution in [0.2, 0.25) is 10.0 Å². The Kier molecular flexibility index (Phi) is 6.55. The van der Waals surface area contributed by atoms with E-state index in [1.165, 1.54) is 11.4 Å². The van der Waals surface area contributed by atoms with Crippen LogP contribution < -0.4 is 5.32 Å². The second-order valence-corrected chi connectivity index (χ2v) is 11.2. The molecule has 0 aliphatic carbocycles. The number of sulfonamides is 1. The molecule has 13 heteroatoms. The van der Waals surface area contributed by atoms with Crippen molar-refractivity contribution in [3.05, 3.63) is 44.6 Å². The number of benzene rings is 1. The maximum atomic E-state index is 13.9. The molecule has 1 aliphatic heterocycles. The Morgan fingerprint density at radius 2 is 1.94 bits per heavy atom. The lowest BCUT2D eigenvalue weighted by atomic mass is 10.0. The number of thiophene rings is 1. The highest BCUT2D eigenvalue weighted by molar-refractivity contribution is 7.89. The minimum absolute atomic E-state index is 0.0614. The number of piperidine rings is 1. The normalized spacial score (nSPS) is 19.8. The number of hydrogen-bond donors (Lipinski definition) is 1. The number of nitrogens with one attached hydrogen (secondary N) is 1. The van der Waals surface area contributed by atoms with Gasteiger partial charge in [-0.25, -0.2) is 12.8 Å². The minimum atomic E-state index is -3.91. The highest BCUT2D eigenvalue weighted by Crippen LogP contribution is 2.29. The second kappa shape index (κ2) is 9.06. The Bertz CT molecular complexity index is 1230. The molecule has 3 aromatic rings. The third-order valence-corrected chi connectivity index (χ3v) is 8.09. The van der Waals surface area contributed by atoms with E-state index in [2.05, 4.69) is 15.5 Å². The Morgan fingerprint density at radius 1 is 1.22 bits per heavy atom. The number of aromatic nitrogens is 2. The second-order valence-electron chi connectivity index (χ2n) is 7.43. The van der Waals surface area contributed by atoms with E-state index in [-0.39, 0.29) is 40.7 Å². The van der Waals surface area contributed by atoms with Gasteiger partial charge in [0.15, 0.2) is 0 Å². The number of carbonyl (C=O) groups is 1. The first kappa shape index (κ1) is 23.1. The number of alkyl halides is 1. The Hall–Kier alpha value is -2.05. The predicted molar refractivity (Wildman–Crippen MR) is 119 cm³/mol. The van der Waals surface area contributed by atoms with E-state index in [1.54, 1.807) is 25.1 Å². The molecule has 1 aliphatic rings. The van der Waals surface area contributed by atoms with Crippen LogP contribution >= 0.6 is 34.5 Å². The molecule has 32 heavy (non-hydrogen) atoms. The fourth-order valence-corrected chi connectivity index (χ4v) is 6.64. The molecule has 1 N–H and O–H groups in total. The molecule has 0 bridgehead atoms. The Morgan fingerprint density at radius 3 is 2.62 bits per heavy atom. The standard InChI is InChI=1S/C19H17Cl2FN4O4S2/c1-10-2-14(22)8-26(7-10)32(28,29)15-6-16(31-9-15)17(27)23-19-25-24-18(30-19)11-3-12(20)5-13(21)4-11/h3-6,9-10,14H,2,7-8H2,1H3,(H,23,25,27)/t10-,14+/m0/s1. The summed E-state index contributed by atoms with van der Waals surface area (Å²) >= 11 is 12.9. The number of amides is 1. The van der Waals surface area contributed by atoms with Crippen molar-refractivity contribution in [3.63, 3.8) is 0 Å². The number of carbonyl (C=O) groups excluding carboxylic acids is 1. The van der Waals surface area contributed by atoms with Crippen LogP contribution in [0.4, 0.5) is 10.4 Å². The molecule has 1 fully saturated rings. The smallest absolute Gasteiger partial charge is 0.322 e. The van der Waals surface area contributed by atoms with Crippen molar-refractivity contribution >= 4 is 56.5 Å². The van der Waals surface area contributed by atoms with Crippen LogP contribution in [0.1, 0.15) is 23.0 Å². The highest BCUT2D eigenvalue weighted by Gasteiger charge is 2.34. The largest absolute Gasteiger partial charge is 0.403 e. The summed E-state index contributed by atoms with van der Waals surface area (Å²) in [6.07, 6.45) is -0.882. The maximum Gasteiger partial charge on any atom is 0.322 e. The third-order valence-electron chi connectivity index (χ3n) is 4.77. The molecule has 170 valence electrons. The molecule has 0 radical (unpaired) electrons. The van der Waals surface area contributed by atoms with Crippen LogP contribution in [0, 0.1) is 5.92 Å². The average molecular weight is 519 g/mol. The zero-order valence-electron chi connectivity index (χ0n) is 16.6. The van der Waals surface area contributed by atoms with E-state index in [9.17, 15) is 17.6 Å². The molecule has 0 unspecified atom stereocenters. The molecular formula is C19H17Cl2FN4O4S2. The lowest BCUT2D eigenvalue weighted by Gasteiger charge is -2.31. The van der Waals surface area contributed by atoms with Crippen LogP contribution in [0.3, 0.4) is 0 Å². The van der Waals surface area contributed by atoms with Gasteiger partial charge < -0.3 is 4.42 Å². The fourth-order valence-electron chi connectivity index (χ4n) is 3.37. The molecule has 0 spiro atoms. The van der Waals surface area contributed by atoms with Crippen LogP contribution in [0.5, 0.6) is 0 Å². The van der Waals surface area contributed by atoms with E-state index < -0.39 is 22.1 Å². The van der Waals surface area contributed by atoms with Gasteiger partial charge >= 0.3 is 6.01 Å². The van der Waals surface area contributed by atoms with Gasteiger partial charge in [0.2, 0.25) is 15.9 Å². The van der Waals surface area contributed by atoms with Gasteiger partial charge in [-0.1, -0.05) is 35.2 Å². The summed E-state index contributed by atoms with van der Waals surface area (Å²) in [5, 5.41) is 12.2. The summed E-state index contributed by atoms with van der Waals surface area (Å²) in [7, 11) is -3.91. The minimum Gasteiger partial charge on any atom is -0.403 e. The molecule has 1 amide bonds. The predicted octanol–water partition coefficient (Wildman–Crippen LogP) is 4.73. The van der Waals surface area contributed by atoms with Gasteiger partial charge in [0.1, 0.15) is 6.17 Å². The van der Waals surface area contributed by atoms with Gasteiger partial charge in [-0.2, -0.15) is 4.31 Å². The Labute approximate surface area is 197 Å². The van der Waals surface area contributed by atoms with Crippen molar-refractivity contribution in [2.24, 2.45) is 5.92 Å². The van der Waals surface area contributed by atoms with Gasteiger partial charge in [-0.05, 0) is 36.6 Å². The summed E-state index contributed by atoms with van der Waals surface area (Å²) in [6, 6.07) is 5.77. The topological polar surface area (TPSA) is 105 Å². The monoisotopic (exact) mass is 518 g/mol. The van der Waals surface area contributed by atoms with E-state index in [0.29, 0.717) is 22.0 Å². The van der Waals surface area contributed by atoms with E-state index in [0.717, 1.165) is 15.6 Å². The van der Waals surface area contributed by atoms with Crippen molar-refractivity contribution < 1.29 is 22.0 Å².